The number of rotatable bonds is 0. The van der Waals surface area contributed by atoms with Crippen molar-refractivity contribution < 1.29 is 19.1 Å². The Labute approximate surface area is 142 Å². The predicted molar refractivity (Wildman–Crippen MR) is 88.1 cm³/mol. The van der Waals surface area contributed by atoms with Gasteiger partial charge in [0.15, 0.2) is 0 Å². The lowest BCUT2D eigenvalue weighted by atomic mass is 9.66. The molecule has 25 heavy (non-hydrogen) atoms. The molecular weight excluding hydrogens is 318 g/mol. The van der Waals surface area contributed by atoms with Gasteiger partial charge in [0.05, 0.1) is 5.57 Å². The largest absolute Gasteiger partial charge is 0.457 e. The number of fused-ring (bicyclic) bond motifs is 5. The van der Waals surface area contributed by atoms with Gasteiger partial charge >= 0.3 is 0 Å². The fraction of sp³-hybridized carbons (Fsp3) is 0.0500. The molecule has 5 rings (SSSR count). The second-order valence-electron chi connectivity index (χ2n) is 6.11. The summed E-state index contributed by atoms with van der Waals surface area (Å²) in [6.45, 7) is 0. The van der Waals surface area contributed by atoms with E-state index in [1.807, 2.05) is 0 Å². The van der Waals surface area contributed by atoms with E-state index in [-0.39, 0.29) is 11.5 Å². The Hall–Kier alpha value is -3.47. The number of ketones is 2. The molecule has 0 radical (unpaired) electrons. The maximum absolute atomic E-state index is 13.2. The molecule has 1 N–H and O–H groups in total. The molecule has 0 aromatic heterocycles. The molecule has 0 atom stereocenters. The summed E-state index contributed by atoms with van der Waals surface area (Å²) in [5, 5.41) is 2.77. The molecule has 2 aromatic rings. The van der Waals surface area contributed by atoms with Crippen LogP contribution in [0.15, 0.2) is 72.0 Å². The van der Waals surface area contributed by atoms with Crippen LogP contribution >= 0.6 is 0 Å². The Morgan fingerprint density at radius 2 is 1.40 bits per heavy atom. The summed E-state index contributed by atoms with van der Waals surface area (Å²) in [5.41, 5.74) is 0.299. The van der Waals surface area contributed by atoms with Gasteiger partial charge in [0, 0.05) is 16.8 Å². The van der Waals surface area contributed by atoms with Gasteiger partial charge in [-0.3, -0.25) is 14.4 Å². The summed E-state index contributed by atoms with van der Waals surface area (Å²) < 4.78 is 5.94. The molecule has 1 spiro atoms. The van der Waals surface area contributed by atoms with E-state index in [0.29, 0.717) is 28.3 Å². The smallest absolute Gasteiger partial charge is 0.244 e. The highest BCUT2D eigenvalue weighted by atomic mass is 16.5. The third kappa shape index (κ3) is 1.55. The number of carbonyl (C=O) groups excluding carboxylic acids is 3. The standard InChI is InChI=1S/C20H11NO4/c22-14-10-9-13-17(18(14)23)20(19(24)21-13)11-5-1-3-7-15(11)25-16-8-4-2-6-12(16)20/h1-10H,(H,21,24). The van der Waals surface area contributed by atoms with Crippen molar-refractivity contribution in [3.8, 4) is 11.5 Å². The van der Waals surface area contributed by atoms with Crippen molar-refractivity contribution in [2.45, 2.75) is 5.41 Å². The number of ether oxygens (including phenoxy) is 1. The van der Waals surface area contributed by atoms with Crippen LogP contribution in [0.25, 0.3) is 0 Å². The van der Waals surface area contributed by atoms with Gasteiger partial charge in [0.2, 0.25) is 17.5 Å². The van der Waals surface area contributed by atoms with Gasteiger partial charge in [-0.2, -0.15) is 0 Å². The van der Waals surface area contributed by atoms with Crippen molar-refractivity contribution in [2.24, 2.45) is 0 Å². The summed E-state index contributed by atoms with van der Waals surface area (Å²) in [7, 11) is 0. The number of hydrogen-bond donors (Lipinski definition) is 1. The lowest BCUT2D eigenvalue weighted by molar-refractivity contribution is -0.132. The second kappa shape index (κ2) is 4.54. The van der Waals surface area contributed by atoms with Crippen LogP contribution in [0.1, 0.15) is 11.1 Å². The van der Waals surface area contributed by atoms with E-state index >= 15 is 0 Å². The SMILES string of the molecule is O=C1C=CC2=C(C1=O)C1(C(=O)N2)c2ccccc2Oc2ccccc21. The molecule has 5 nitrogen and oxygen atoms in total. The Bertz CT molecular complexity index is 1020. The van der Waals surface area contributed by atoms with Crippen molar-refractivity contribution in [3.05, 3.63) is 83.1 Å². The molecule has 0 bridgehead atoms. The van der Waals surface area contributed by atoms with Crippen LogP contribution in [0.3, 0.4) is 0 Å². The highest BCUT2D eigenvalue weighted by molar-refractivity contribution is 6.50. The average molecular weight is 329 g/mol. The van der Waals surface area contributed by atoms with Crippen molar-refractivity contribution in [2.75, 3.05) is 0 Å². The van der Waals surface area contributed by atoms with Gasteiger partial charge in [-0.1, -0.05) is 36.4 Å². The number of benzene rings is 2. The molecule has 2 heterocycles. The normalized spacial score (nSPS) is 19.3. The number of para-hydroxylation sites is 2. The fourth-order valence-corrected chi connectivity index (χ4v) is 3.88. The molecule has 1 aliphatic carbocycles. The molecule has 3 aliphatic rings. The number of nitrogens with one attached hydrogen (secondary N) is 1. The van der Waals surface area contributed by atoms with Crippen LogP contribution < -0.4 is 10.1 Å². The van der Waals surface area contributed by atoms with Crippen LogP contribution in [0.2, 0.25) is 0 Å². The minimum Gasteiger partial charge on any atom is -0.457 e. The summed E-state index contributed by atoms with van der Waals surface area (Å²) in [6.07, 6.45) is 2.68. The molecular formula is C20H11NO4. The summed E-state index contributed by atoms with van der Waals surface area (Å²) in [5.74, 6) is -0.647. The molecule has 2 aliphatic heterocycles. The zero-order valence-corrected chi connectivity index (χ0v) is 12.9. The van der Waals surface area contributed by atoms with Crippen LogP contribution in [-0.4, -0.2) is 17.5 Å². The van der Waals surface area contributed by atoms with E-state index in [9.17, 15) is 14.4 Å². The van der Waals surface area contributed by atoms with Gasteiger partial charge < -0.3 is 10.1 Å². The number of Topliss-reactive ketones (excluding diaryl/α,β-unsaturated/α-hetero) is 1. The monoisotopic (exact) mass is 329 g/mol. The molecule has 0 saturated heterocycles. The van der Waals surface area contributed by atoms with Gasteiger partial charge in [-0.05, 0) is 24.3 Å². The minimum absolute atomic E-state index is 0.174. The van der Waals surface area contributed by atoms with Gasteiger partial charge in [-0.25, -0.2) is 0 Å². The molecule has 5 heteroatoms. The molecule has 1 amide bonds. The number of amides is 1. The molecule has 0 saturated carbocycles. The third-order valence-corrected chi connectivity index (χ3v) is 4.89. The highest BCUT2D eigenvalue weighted by Crippen LogP contribution is 2.55. The third-order valence-electron chi connectivity index (χ3n) is 4.89. The zero-order chi connectivity index (χ0) is 17.2. The molecule has 0 unspecified atom stereocenters. The highest BCUT2D eigenvalue weighted by Gasteiger charge is 2.58. The average Bonchev–Trinajstić information content (AvgIpc) is 2.92. The summed E-state index contributed by atoms with van der Waals surface area (Å²) in [4.78, 5) is 38.0. The van der Waals surface area contributed by atoms with Crippen molar-refractivity contribution in [3.63, 3.8) is 0 Å². The molecule has 120 valence electrons. The van der Waals surface area contributed by atoms with E-state index < -0.39 is 17.0 Å². The van der Waals surface area contributed by atoms with Crippen LogP contribution in [0.4, 0.5) is 0 Å². The van der Waals surface area contributed by atoms with Gasteiger partial charge in [-0.15, -0.1) is 0 Å². The summed E-state index contributed by atoms with van der Waals surface area (Å²) >= 11 is 0. The number of allylic oxidation sites excluding steroid dienone is 2. The second-order valence-corrected chi connectivity index (χ2v) is 6.11. The topological polar surface area (TPSA) is 72.5 Å². The summed E-state index contributed by atoms with van der Waals surface area (Å²) in [6, 6.07) is 14.2. The molecule has 2 aromatic carbocycles. The first-order chi connectivity index (χ1) is 12.1. The fourth-order valence-electron chi connectivity index (χ4n) is 3.88. The maximum atomic E-state index is 13.2. The maximum Gasteiger partial charge on any atom is 0.244 e. The first kappa shape index (κ1) is 13.9. The Morgan fingerprint density at radius 1 is 0.800 bits per heavy atom. The van der Waals surface area contributed by atoms with Crippen LogP contribution in [-0.2, 0) is 19.8 Å². The van der Waals surface area contributed by atoms with E-state index in [4.69, 9.17) is 4.74 Å². The van der Waals surface area contributed by atoms with E-state index in [1.165, 1.54) is 12.2 Å². The Kier molecular flexibility index (Phi) is 2.53. The number of hydrogen-bond acceptors (Lipinski definition) is 4. The van der Waals surface area contributed by atoms with Crippen molar-refractivity contribution >= 4 is 17.5 Å². The quantitative estimate of drug-likeness (QED) is 0.594. The first-order valence-electron chi connectivity index (χ1n) is 7.84. The number of carbonyl (C=O) groups is 3. The van der Waals surface area contributed by atoms with Crippen LogP contribution in [0.5, 0.6) is 11.5 Å². The van der Waals surface area contributed by atoms with E-state index in [1.54, 1.807) is 48.5 Å². The zero-order valence-electron chi connectivity index (χ0n) is 12.9. The van der Waals surface area contributed by atoms with Crippen molar-refractivity contribution in [1.29, 1.82) is 0 Å². The van der Waals surface area contributed by atoms with Crippen LogP contribution in [0, 0.1) is 0 Å². The minimum atomic E-state index is -1.38. The Balaban J connectivity index is 1.94. The van der Waals surface area contributed by atoms with E-state index in [2.05, 4.69) is 5.32 Å². The predicted octanol–water partition coefficient (Wildman–Crippen LogP) is 2.17. The lowest BCUT2D eigenvalue weighted by Crippen LogP contribution is -2.44. The Morgan fingerprint density at radius 3 is 2.04 bits per heavy atom. The van der Waals surface area contributed by atoms with Crippen molar-refractivity contribution in [1.82, 2.24) is 5.32 Å². The van der Waals surface area contributed by atoms with Gasteiger partial charge in [0.25, 0.3) is 0 Å². The molecule has 0 fully saturated rings. The van der Waals surface area contributed by atoms with E-state index in [0.717, 1.165) is 0 Å². The first-order valence-corrected chi connectivity index (χ1v) is 7.84. The lowest BCUT2D eigenvalue weighted by Gasteiger charge is -2.36. The van der Waals surface area contributed by atoms with Gasteiger partial charge in [0.1, 0.15) is 16.9 Å².